The van der Waals surface area contributed by atoms with Gasteiger partial charge in [-0.05, 0) is 51.5 Å². The van der Waals surface area contributed by atoms with E-state index in [-0.39, 0.29) is 0 Å². The zero-order valence-corrected chi connectivity index (χ0v) is 14.8. The van der Waals surface area contributed by atoms with E-state index >= 15 is 0 Å². The molecule has 0 fully saturated rings. The van der Waals surface area contributed by atoms with Crippen LogP contribution in [0, 0.1) is 0 Å². The lowest BCUT2D eigenvalue weighted by atomic mass is 10.2. The normalized spacial score (nSPS) is 12.0. The minimum absolute atomic E-state index is 0.348. The molecule has 0 aliphatic carbocycles. The van der Waals surface area contributed by atoms with Crippen LogP contribution in [0.5, 0.6) is 0 Å². The fourth-order valence-corrected chi connectivity index (χ4v) is 5.91. The lowest BCUT2D eigenvalue weighted by molar-refractivity contribution is 0.406. The third-order valence-electron chi connectivity index (χ3n) is 2.97. The van der Waals surface area contributed by atoms with Crippen LogP contribution in [0.15, 0.2) is 44.4 Å². The smallest absolute Gasteiger partial charge is 0.253 e. The molecule has 2 aromatic rings. The second-order valence-electron chi connectivity index (χ2n) is 4.64. The molecule has 0 spiro atoms. The minimum atomic E-state index is -3.49. The van der Waals surface area contributed by atoms with Crippen LogP contribution < -0.4 is 5.73 Å². The van der Waals surface area contributed by atoms with E-state index in [9.17, 15) is 8.42 Å². The number of rotatable bonds is 6. The molecular formula is C14H17BrN2O2S2. The maximum absolute atomic E-state index is 12.8. The molecule has 1 heterocycles. The van der Waals surface area contributed by atoms with Crippen molar-refractivity contribution in [2.75, 3.05) is 12.3 Å². The van der Waals surface area contributed by atoms with Crippen molar-refractivity contribution in [3.63, 3.8) is 0 Å². The van der Waals surface area contributed by atoms with Gasteiger partial charge >= 0.3 is 0 Å². The van der Waals surface area contributed by atoms with Gasteiger partial charge in [0, 0.05) is 23.2 Å². The Bertz CT molecular complexity index is 696. The predicted molar refractivity (Wildman–Crippen MR) is 90.8 cm³/mol. The van der Waals surface area contributed by atoms with Gasteiger partial charge in [-0.3, -0.25) is 0 Å². The molecular weight excluding hydrogens is 372 g/mol. The van der Waals surface area contributed by atoms with E-state index in [0.29, 0.717) is 27.5 Å². The van der Waals surface area contributed by atoms with Gasteiger partial charge in [0.25, 0.3) is 10.0 Å². The topological polar surface area (TPSA) is 63.4 Å². The number of hydrogen-bond acceptors (Lipinski definition) is 4. The molecule has 114 valence electrons. The monoisotopic (exact) mass is 388 g/mol. The molecule has 1 aromatic heterocycles. The Balaban J connectivity index is 2.30. The van der Waals surface area contributed by atoms with E-state index in [4.69, 9.17) is 5.73 Å². The van der Waals surface area contributed by atoms with Crippen molar-refractivity contribution >= 4 is 43.0 Å². The van der Waals surface area contributed by atoms with Crippen molar-refractivity contribution in [2.45, 2.75) is 24.1 Å². The number of benzene rings is 1. The SMILES string of the molecule is CCCN(Cc1ccc(N)cc1)S(=O)(=O)c1sccc1Br. The summed E-state index contributed by atoms with van der Waals surface area (Å²) >= 11 is 4.53. The van der Waals surface area contributed by atoms with Crippen molar-refractivity contribution in [3.8, 4) is 0 Å². The van der Waals surface area contributed by atoms with Crippen molar-refractivity contribution < 1.29 is 8.42 Å². The molecule has 2 rings (SSSR count). The van der Waals surface area contributed by atoms with E-state index < -0.39 is 10.0 Å². The van der Waals surface area contributed by atoms with Crippen molar-refractivity contribution in [3.05, 3.63) is 45.7 Å². The number of nitrogens with zero attached hydrogens (tertiary/aromatic N) is 1. The first kappa shape index (κ1) is 16.5. The Morgan fingerprint density at radius 2 is 1.90 bits per heavy atom. The lowest BCUT2D eigenvalue weighted by Crippen LogP contribution is -2.31. The first-order valence-electron chi connectivity index (χ1n) is 6.52. The lowest BCUT2D eigenvalue weighted by Gasteiger charge is -2.21. The van der Waals surface area contributed by atoms with Gasteiger partial charge in [0.1, 0.15) is 4.21 Å². The highest BCUT2D eigenvalue weighted by Crippen LogP contribution is 2.31. The minimum Gasteiger partial charge on any atom is -0.399 e. The highest BCUT2D eigenvalue weighted by molar-refractivity contribution is 9.10. The van der Waals surface area contributed by atoms with Crippen LogP contribution in [0.4, 0.5) is 5.69 Å². The second-order valence-corrected chi connectivity index (χ2v) is 8.54. The van der Waals surface area contributed by atoms with Gasteiger partial charge in [0.15, 0.2) is 0 Å². The number of anilines is 1. The number of hydrogen-bond donors (Lipinski definition) is 1. The van der Waals surface area contributed by atoms with Crippen molar-refractivity contribution in [2.24, 2.45) is 0 Å². The summed E-state index contributed by atoms with van der Waals surface area (Å²) in [7, 11) is -3.49. The zero-order valence-electron chi connectivity index (χ0n) is 11.6. The van der Waals surface area contributed by atoms with Crippen LogP contribution in [-0.4, -0.2) is 19.3 Å². The largest absolute Gasteiger partial charge is 0.399 e. The van der Waals surface area contributed by atoms with Crippen LogP contribution in [0.1, 0.15) is 18.9 Å². The Kier molecular flexibility index (Phi) is 5.43. The molecule has 21 heavy (non-hydrogen) atoms. The second kappa shape index (κ2) is 6.91. The summed E-state index contributed by atoms with van der Waals surface area (Å²) in [6.45, 7) is 2.80. The highest BCUT2D eigenvalue weighted by Gasteiger charge is 2.27. The van der Waals surface area contributed by atoms with E-state index in [0.717, 1.165) is 12.0 Å². The molecule has 0 radical (unpaired) electrons. The number of nitrogen functional groups attached to an aromatic ring is 1. The van der Waals surface area contributed by atoms with Crippen LogP contribution in [0.2, 0.25) is 0 Å². The Hall–Kier alpha value is -0.890. The van der Waals surface area contributed by atoms with Gasteiger partial charge in [0.2, 0.25) is 0 Å². The van der Waals surface area contributed by atoms with E-state index in [2.05, 4.69) is 15.9 Å². The van der Waals surface area contributed by atoms with Gasteiger partial charge in [0.05, 0.1) is 0 Å². The average Bonchev–Trinajstić information content (AvgIpc) is 2.87. The van der Waals surface area contributed by atoms with Crippen molar-refractivity contribution in [1.29, 1.82) is 0 Å². The van der Waals surface area contributed by atoms with E-state index in [1.54, 1.807) is 23.6 Å². The van der Waals surface area contributed by atoms with Gasteiger partial charge in [-0.1, -0.05) is 19.1 Å². The third-order valence-corrected chi connectivity index (χ3v) is 7.46. The third kappa shape index (κ3) is 3.85. The summed E-state index contributed by atoms with van der Waals surface area (Å²) in [5.41, 5.74) is 7.26. The summed E-state index contributed by atoms with van der Waals surface area (Å²) in [4.78, 5) is 0. The van der Waals surface area contributed by atoms with Gasteiger partial charge in [-0.25, -0.2) is 8.42 Å². The maximum atomic E-state index is 12.8. The molecule has 0 saturated heterocycles. The quantitative estimate of drug-likeness (QED) is 0.767. The van der Waals surface area contributed by atoms with E-state index in [1.807, 2.05) is 19.1 Å². The standard InChI is InChI=1S/C14H17BrN2O2S2/c1-2-8-17(10-11-3-5-12(16)6-4-11)21(18,19)14-13(15)7-9-20-14/h3-7,9H,2,8,10,16H2,1H3. The fraction of sp³-hybridized carbons (Fsp3) is 0.286. The molecule has 0 saturated carbocycles. The molecule has 0 amide bonds. The van der Waals surface area contributed by atoms with Crippen LogP contribution in [-0.2, 0) is 16.6 Å². The molecule has 0 aliphatic rings. The summed E-state index contributed by atoms with van der Waals surface area (Å²) in [6, 6.07) is 9.04. The summed E-state index contributed by atoms with van der Waals surface area (Å²) < 4.78 is 28.0. The zero-order chi connectivity index (χ0) is 15.5. The summed E-state index contributed by atoms with van der Waals surface area (Å²) in [6.07, 6.45) is 0.761. The number of halogens is 1. The van der Waals surface area contributed by atoms with Crippen LogP contribution >= 0.6 is 27.3 Å². The summed E-state index contributed by atoms with van der Waals surface area (Å²) in [5, 5.41) is 1.77. The van der Waals surface area contributed by atoms with Crippen LogP contribution in [0.25, 0.3) is 0 Å². The average molecular weight is 389 g/mol. The van der Waals surface area contributed by atoms with Crippen LogP contribution in [0.3, 0.4) is 0 Å². The Labute approximate surface area is 137 Å². The Morgan fingerprint density at radius 3 is 2.43 bits per heavy atom. The molecule has 7 heteroatoms. The molecule has 2 N–H and O–H groups in total. The first-order valence-corrected chi connectivity index (χ1v) is 9.64. The fourth-order valence-electron chi connectivity index (χ4n) is 1.94. The number of sulfonamides is 1. The number of nitrogens with two attached hydrogens (primary N) is 1. The van der Waals surface area contributed by atoms with Gasteiger partial charge < -0.3 is 5.73 Å². The van der Waals surface area contributed by atoms with Gasteiger partial charge in [-0.2, -0.15) is 4.31 Å². The molecule has 0 atom stereocenters. The van der Waals surface area contributed by atoms with Gasteiger partial charge in [-0.15, -0.1) is 11.3 Å². The molecule has 4 nitrogen and oxygen atoms in total. The number of thiophene rings is 1. The Morgan fingerprint density at radius 1 is 1.24 bits per heavy atom. The molecule has 0 aliphatic heterocycles. The highest BCUT2D eigenvalue weighted by atomic mass is 79.9. The molecule has 0 unspecified atom stereocenters. The van der Waals surface area contributed by atoms with Crippen molar-refractivity contribution in [1.82, 2.24) is 4.31 Å². The maximum Gasteiger partial charge on any atom is 0.253 e. The molecule has 1 aromatic carbocycles. The first-order chi connectivity index (χ1) is 9.95. The molecule has 0 bridgehead atoms. The predicted octanol–water partition coefficient (Wildman–Crippen LogP) is 3.69. The summed E-state index contributed by atoms with van der Waals surface area (Å²) in [5.74, 6) is 0. The van der Waals surface area contributed by atoms with E-state index in [1.165, 1.54) is 15.6 Å².